The lowest BCUT2D eigenvalue weighted by atomic mass is 9.95. The van der Waals surface area contributed by atoms with E-state index in [0.29, 0.717) is 49.2 Å². The number of hydrogen-bond acceptors (Lipinski definition) is 10. The highest BCUT2D eigenvalue weighted by atomic mass is 32.1. The van der Waals surface area contributed by atoms with Crippen molar-refractivity contribution in [3.8, 4) is 17.2 Å². The van der Waals surface area contributed by atoms with E-state index < -0.39 is 23.5 Å². The van der Waals surface area contributed by atoms with E-state index in [4.69, 9.17) is 18.9 Å². The topological polar surface area (TPSA) is 121 Å². The highest BCUT2D eigenvalue weighted by molar-refractivity contribution is 7.07. The Morgan fingerprint density at radius 1 is 1.02 bits per heavy atom. The zero-order valence-corrected chi connectivity index (χ0v) is 24.9. The molecular formula is C30H30N4O7S. The summed E-state index contributed by atoms with van der Waals surface area (Å²) in [6.45, 7) is 5.30. The van der Waals surface area contributed by atoms with Crippen LogP contribution in [0.2, 0.25) is 0 Å². The Labute approximate surface area is 245 Å². The molecule has 0 saturated carbocycles. The molecule has 1 aromatic heterocycles. The van der Waals surface area contributed by atoms with E-state index in [1.165, 1.54) is 30.9 Å². The summed E-state index contributed by atoms with van der Waals surface area (Å²) >= 11 is 1.14. The first-order valence-corrected chi connectivity index (χ1v) is 14.0. The van der Waals surface area contributed by atoms with Crippen molar-refractivity contribution in [1.29, 1.82) is 0 Å². The molecule has 0 spiro atoms. The van der Waals surface area contributed by atoms with Gasteiger partial charge in [0.2, 0.25) is 5.75 Å². The van der Waals surface area contributed by atoms with E-state index in [0.717, 1.165) is 11.3 Å². The number of hydrazone groups is 1. The van der Waals surface area contributed by atoms with E-state index in [1.807, 2.05) is 18.2 Å². The average molecular weight is 591 g/mol. The molecule has 0 saturated heterocycles. The molecule has 3 aromatic rings. The van der Waals surface area contributed by atoms with Crippen LogP contribution < -0.4 is 34.1 Å². The number of carbonyl (C=O) groups excluding carboxylic acids is 2. The fraction of sp³-hybridized carbons (Fsp3) is 0.300. The Morgan fingerprint density at radius 3 is 2.29 bits per heavy atom. The maximum atomic E-state index is 14.1. The number of allylic oxidation sites excluding steroid dienone is 1. The molecule has 0 unspecified atom stereocenters. The number of rotatable bonds is 8. The summed E-state index contributed by atoms with van der Waals surface area (Å²) < 4.78 is 23.7. The second-order valence-corrected chi connectivity index (χ2v) is 10.5. The Morgan fingerprint density at radius 2 is 1.69 bits per heavy atom. The molecule has 12 heteroatoms. The molecule has 11 nitrogen and oxygen atoms in total. The molecule has 0 fully saturated rings. The summed E-state index contributed by atoms with van der Waals surface area (Å²) in [6.07, 6.45) is 1.61. The van der Waals surface area contributed by atoms with Crippen LogP contribution in [-0.4, -0.2) is 50.1 Å². The van der Waals surface area contributed by atoms with Crippen LogP contribution in [0.1, 0.15) is 32.4 Å². The van der Waals surface area contributed by atoms with Crippen molar-refractivity contribution in [3.05, 3.63) is 79.0 Å². The summed E-state index contributed by atoms with van der Waals surface area (Å²) in [5.41, 5.74) is 1.92. The number of para-hydroxylation sites is 1. The number of anilines is 1. The Balaban J connectivity index is 1.68. The second kappa shape index (κ2) is 11.6. The maximum absolute atomic E-state index is 14.1. The first-order chi connectivity index (χ1) is 20.2. The zero-order chi connectivity index (χ0) is 30.1. The largest absolute Gasteiger partial charge is 0.493 e. The average Bonchev–Trinajstić information content (AvgIpc) is 3.45. The van der Waals surface area contributed by atoms with E-state index in [9.17, 15) is 14.4 Å². The van der Waals surface area contributed by atoms with Gasteiger partial charge in [0, 0.05) is 0 Å². The molecule has 2 atom stereocenters. The second-order valence-electron chi connectivity index (χ2n) is 9.49. The molecule has 3 heterocycles. The first kappa shape index (κ1) is 28.8. The summed E-state index contributed by atoms with van der Waals surface area (Å²) in [4.78, 5) is 45.7. The smallest absolute Gasteiger partial charge is 0.338 e. The van der Waals surface area contributed by atoms with Gasteiger partial charge in [-0.15, -0.1) is 0 Å². The van der Waals surface area contributed by atoms with Gasteiger partial charge in [0.15, 0.2) is 16.3 Å². The number of carbonyl (C=O) groups is 2. The van der Waals surface area contributed by atoms with Gasteiger partial charge in [-0.05, 0) is 56.7 Å². The molecule has 42 heavy (non-hydrogen) atoms. The lowest BCUT2D eigenvalue weighted by molar-refractivity contribution is -0.139. The number of nitrogens with zero attached hydrogens (tertiary/aromatic N) is 4. The third kappa shape index (κ3) is 4.87. The molecule has 2 aromatic carbocycles. The minimum absolute atomic E-state index is 0.141. The van der Waals surface area contributed by atoms with Gasteiger partial charge in [-0.1, -0.05) is 29.5 Å². The minimum atomic E-state index is -0.911. The van der Waals surface area contributed by atoms with Gasteiger partial charge in [-0.3, -0.25) is 14.2 Å². The van der Waals surface area contributed by atoms with Gasteiger partial charge < -0.3 is 18.9 Å². The molecule has 2 aliphatic heterocycles. The van der Waals surface area contributed by atoms with Crippen LogP contribution in [0.5, 0.6) is 17.2 Å². The number of benzene rings is 2. The number of methoxy groups -OCH3 is 3. The van der Waals surface area contributed by atoms with Crippen molar-refractivity contribution in [2.24, 2.45) is 16.0 Å². The Kier molecular flexibility index (Phi) is 7.99. The normalized spacial score (nSPS) is 18.4. The minimum Gasteiger partial charge on any atom is -0.493 e. The van der Waals surface area contributed by atoms with Crippen LogP contribution in [0.3, 0.4) is 0 Å². The molecule has 0 aliphatic carbocycles. The van der Waals surface area contributed by atoms with Crippen LogP contribution in [0.4, 0.5) is 5.69 Å². The Hall–Kier alpha value is -4.71. The van der Waals surface area contributed by atoms with Crippen molar-refractivity contribution >= 4 is 40.7 Å². The maximum Gasteiger partial charge on any atom is 0.338 e. The molecule has 0 N–H and O–H groups in total. The van der Waals surface area contributed by atoms with Gasteiger partial charge >= 0.3 is 5.97 Å². The lowest BCUT2D eigenvalue weighted by Crippen LogP contribution is -2.40. The highest BCUT2D eigenvalue weighted by Crippen LogP contribution is 2.42. The number of aromatic nitrogens is 1. The van der Waals surface area contributed by atoms with Crippen LogP contribution in [0, 0.1) is 5.92 Å². The number of fused-ring (bicyclic) bond motifs is 1. The van der Waals surface area contributed by atoms with E-state index in [1.54, 1.807) is 51.1 Å². The predicted octanol–water partition coefficient (Wildman–Crippen LogP) is 2.81. The molecule has 2 aliphatic rings. The standard InChI is InChI=1S/C30H30N4O7S/c1-7-41-29(37)24-17(3)31-30-33(25(24)18-13-21(38-4)26(40-6)22(14-18)39-5)28(36)23(42-30)15-20-16(2)32-34(27(20)35)19-11-9-8-10-12-19/h8-15,20,25H,7H2,1-6H3/b23-15+/t20-,25-/m1/s1. The fourth-order valence-electron chi connectivity index (χ4n) is 5.06. The molecular weight excluding hydrogens is 560 g/mol. The molecule has 0 radical (unpaired) electrons. The summed E-state index contributed by atoms with van der Waals surface area (Å²) in [5, 5.41) is 5.79. The zero-order valence-electron chi connectivity index (χ0n) is 24.0. The van der Waals surface area contributed by atoms with E-state index >= 15 is 0 Å². The summed E-state index contributed by atoms with van der Waals surface area (Å²) in [6, 6.07) is 11.6. The number of amides is 1. The quantitative estimate of drug-likeness (QED) is 0.370. The third-order valence-electron chi connectivity index (χ3n) is 7.02. The summed E-state index contributed by atoms with van der Waals surface area (Å²) in [5.74, 6) is -0.523. The van der Waals surface area contributed by atoms with Gasteiger partial charge in [0.05, 0.1) is 61.2 Å². The van der Waals surface area contributed by atoms with Crippen LogP contribution in [0.15, 0.2) is 68.6 Å². The summed E-state index contributed by atoms with van der Waals surface area (Å²) in [7, 11) is 4.47. The van der Waals surface area contributed by atoms with Crippen LogP contribution >= 0.6 is 11.3 Å². The molecule has 218 valence electrons. The van der Waals surface area contributed by atoms with Crippen LogP contribution in [-0.2, 0) is 14.3 Å². The van der Waals surface area contributed by atoms with Crippen LogP contribution in [0.25, 0.3) is 6.08 Å². The third-order valence-corrected chi connectivity index (χ3v) is 8.02. The SMILES string of the molecule is CCOC(=O)C1=C(C)N=c2s/c(=C/[C@H]3C(=O)N(c4ccccc4)N=C3C)c(=O)n2[C@@H]1c1cc(OC)c(OC)c(OC)c1. The first-order valence-electron chi connectivity index (χ1n) is 13.2. The molecule has 0 bridgehead atoms. The number of ether oxygens (including phenoxy) is 4. The van der Waals surface area contributed by atoms with Crippen molar-refractivity contribution in [2.45, 2.75) is 26.8 Å². The van der Waals surface area contributed by atoms with Crippen molar-refractivity contribution in [3.63, 3.8) is 0 Å². The van der Waals surface area contributed by atoms with E-state index in [2.05, 4.69) is 10.1 Å². The highest BCUT2D eigenvalue weighted by Gasteiger charge is 2.36. The van der Waals surface area contributed by atoms with Crippen molar-refractivity contribution in [1.82, 2.24) is 4.57 Å². The molecule has 1 amide bonds. The van der Waals surface area contributed by atoms with Gasteiger partial charge in [0.1, 0.15) is 5.92 Å². The van der Waals surface area contributed by atoms with Crippen molar-refractivity contribution < 1.29 is 28.5 Å². The van der Waals surface area contributed by atoms with Gasteiger partial charge in [-0.2, -0.15) is 10.1 Å². The number of hydrogen-bond donors (Lipinski definition) is 0. The molecule has 5 rings (SSSR count). The number of thiazole rings is 1. The fourth-order valence-corrected chi connectivity index (χ4v) is 6.11. The van der Waals surface area contributed by atoms with Crippen molar-refractivity contribution in [2.75, 3.05) is 32.9 Å². The number of esters is 1. The van der Waals surface area contributed by atoms with Gasteiger partial charge in [-0.25, -0.2) is 9.79 Å². The lowest BCUT2D eigenvalue weighted by Gasteiger charge is -2.26. The van der Waals surface area contributed by atoms with Gasteiger partial charge in [0.25, 0.3) is 11.5 Å². The monoisotopic (exact) mass is 590 g/mol. The van der Waals surface area contributed by atoms with E-state index in [-0.39, 0.29) is 18.1 Å². The predicted molar refractivity (Wildman–Crippen MR) is 158 cm³/mol. The Bertz CT molecular complexity index is 1780.